The molecule has 0 N–H and O–H groups in total. The van der Waals surface area contributed by atoms with Gasteiger partial charge in [-0.05, 0) is 33.1 Å². The second-order valence-corrected chi connectivity index (χ2v) is 6.28. The van der Waals surface area contributed by atoms with Gasteiger partial charge in [-0.3, -0.25) is 0 Å². The van der Waals surface area contributed by atoms with E-state index in [9.17, 15) is 0 Å². The van der Waals surface area contributed by atoms with E-state index in [1.807, 2.05) is 44.2 Å². The Morgan fingerprint density at radius 3 is 2.45 bits per heavy atom. The maximum atomic E-state index is 6.39. The van der Waals surface area contributed by atoms with Crippen LogP contribution in [0.3, 0.4) is 0 Å². The molecule has 0 aliphatic heterocycles. The number of fused-ring (bicyclic) bond motifs is 1. The summed E-state index contributed by atoms with van der Waals surface area (Å²) in [5.41, 5.74) is 0. The molecule has 120 valence electrons. The molecule has 4 heteroatoms. The second-order valence-electron chi connectivity index (χ2n) is 5.50. The Hall–Kier alpha value is -1.12. The standard InChI is InChI=1S/C18H22Cl2O2/c1-13(2)22-18-15-9-5-4-8-14(15)17(12-16(18)20)21-11-7-3-6-10-19/h4-5,8-9,12-13H,3,6-7,10-11H2,1-2H3. The molecule has 0 radical (unpaired) electrons. The van der Waals surface area contributed by atoms with Gasteiger partial charge in [-0.15, -0.1) is 11.6 Å². The first-order valence-electron chi connectivity index (χ1n) is 7.70. The van der Waals surface area contributed by atoms with Gasteiger partial charge in [0.2, 0.25) is 0 Å². The maximum Gasteiger partial charge on any atom is 0.146 e. The summed E-state index contributed by atoms with van der Waals surface area (Å²) in [6.45, 7) is 4.65. The molecule has 0 aromatic heterocycles. The van der Waals surface area contributed by atoms with E-state index >= 15 is 0 Å². The van der Waals surface area contributed by atoms with E-state index in [0.29, 0.717) is 17.5 Å². The predicted molar refractivity (Wildman–Crippen MR) is 94.8 cm³/mol. The van der Waals surface area contributed by atoms with Gasteiger partial charge >= 0.3 is 0 Å². The number of unbranched alkanes of at least 4 members (excludes halogenated alkanes) is 2. The Morgan fingerprint density at radius 2 is 1.77 bits per heavy atom. The first-order chi connectivity index (χ1) is 10.6. The number of halogens is 2. The van der Waals surface area contributed by atoms with Gasteiger partial charge in [-0.2, -0.15) is 0 Å². The Bertz CT molecular complexity index is 611. The number of rotatable bonds is 8. The fourth-order valence-corrected chi connectivity index (χ4v) is 2.75. The van der Waals surface area contributed by atoms with Crippen molar-refractivity contribution < 1.29 is 9.47 Å². The highest BCUT2D eigenvalue weighted by atomic mass is 35.5. The summed E-state index contributed by atoms with van der Waals surface area (Å²) >= 11 is 12.1. The van der Waals surface area contributed by atoms with Crippen molar-refractivity contribution in [3.63, 3.8) is 0 Å². The molecule has 0 heterocycles. The lowest BCUT2D eigenvalue weighted by molar-refractivity contribution is 0.245. The average Bonchev–Trinajstić information content (AvgIpc) is 2.50. The van der Waals surface area contributed by atoms with Crippen LogP contribution in [0.5, 0.6) is 11.5 Å². The fraction of sp³-hybridized carbons (Fsp3) is 0.444. The van der Waals surface area contributed by atoms with Crippen LogP contribution in [0.25, 0.3) is 10.8 Å². The van der Waals surface area contributed by atoms with Crippen LogP contribution in [0.15, 0.2) is 30.3 Å². The van der Waals surface area contributed by atoms with Gasteiger partial charge in [0.1, 0.15) is 11.5 Å². The number of hydrogen-bond acceptors (Lipinski definition) is 2. The van der Waals surface area contributed by atoms with Crippen molar-refractivity contribution in [1.82, 2.24) is 0 Å². The Morgan fingerprint density at radius 1 is 1.05 bits per heavy atom. The van der Waals surface area contributed by atoms with Gasteiger partial charge < -0.3 is 9.47 Å². The van der Waals surface area contributed by atoms with Gasteiger partial charge in [0.25, 0.3) is 0 Å². The van der Waals surface area contributed by atoms with Crippen LogP contribution in [-0.4, -0.2) is 18.6 Å². The third kappa shape index (κ3) is 4.44. The zero-order valence-corrected chi connectivity index (χ0v) is 14.6. The summed E-state index contributed by atoms with van der Waals surface area (Å²) in [5.74, 6) is 2.24. The van der Waals surface area contributed by atoms with Crippen molar-refractivity contribution in [2.24, 2.45) is 0 Å². The molecule has 0 unspecified atom stereocenters. The molecular formula is C18H22Cl2O2. The quantitative estimate of drug-likeness (QED) is 0.429. The van der Waals surface area contributed by atoms with Gasteiger partial charge in [0.15, 0.2) is 0 Å². The highest BCUT2D eigenvalue weighted by molar-refractivity contribution is 6.33. The van der Waals surface area contributed by atoms with Crippen molar-refractivity contribution in [2.45, 2.75) is 39.2 Å². The van der Waals surface area contributed by atoms with E-state index in [-0.39, 0.29) is 6.10 Å². The van der Waals surface area contributed by atoms with Gasteiger partial charge in [0.05, 0.1) is 17.7 Å². The van der Waals surface area contributed by atoms with Crippen molar-refractivity contribution in [3.05, 3.63) is 35.4 Å². The minimum absolute atomic E-state index is 0.0724. The molecule has 0 aliphatic carbocycles. The first kappa shape index (κ1) is 17.2. The molecule has 2 aromatic carbocycles. The molecule has 22 heavy (non-hydrogen) atoms. The van der Waals surface area contributed by atoms with Gasteiger partial charge in [0, 0.05) is 22.7 Å². The van der Waals surface area contributed by atoms with Gasteiger partial charge in [-0.1, -0.05) is 35.9 Å². The van der Waals surface area contributed by atoms with Crippen molar-refractivity contribution in [2.75, 3.05) is 12.5 Å². The van der Waals surface area contributed by atoms with Crippen molar-refractivity contribution in [1.29, 1.82) is 0 Å². The van der Waals surface area contributed by atoms with E-state index < -0.39 is 0 Å². The summed E-state index contributed by atoms with van der Waals surface area (Å²) in [6.07, 6.45) is 3.16. The van der Waals surface area contributed by atoms with Crippen molar-refractivity contribution >= 4 is 34.0 Å². The Kier molecular flexibility index (Phi) is 6.66. The molecule has 0 aliphatic rings. The zero-order valence-electron chi connectivity index (χ0n) is 13.1. The Balaban J connectivity index is 2.24. The van der Waals surface area contributed by atoms with Gasteiger partial charge in [-0.25, -0.2) is 0 Å². The van der Waals surface area contributed by atoms with E-state index in [1.54, 1.807) is 0 Å². The first-order valence-corrected chi connectivity index (χ1v) is 8.61. The largest absolute Gasteiger partial charge is 0.493 e. The fourth-order valence-electron chi connectivity index (χ4n) is 2.31. The summed E-state index contributed by atoms with van der Waals surface area (Å²) in [5, 5.41) is 2.60. The zero-order chi connectivity index (χ0) is 15.9. The maximum absolute atomic E-state index is 6.39. The molecule has 0 bridgehead atoms. The topological polar surface area (TPSA) is 18.5 Å². The average molecular weight is 341 g/mol. The Labute approximate surface area is 142 Å². The summed E-state index contributed by atoms with van der Waals surface area (Å²) in [7, 11) is 0. The van der Waals surface area contributed by atoms with Crippen molar-refractivity contribution in [3.8, 4) is 11.5 Å². The third-order valence-electron chi connectivity index (χ3n) is 3.30. The van der Waals surface area contributed by atoms with E-state index in [4.69, 9.17) is 32.7 Å². The third-order valence-corrected chi connectivity index (χ3v) is 3.85. The van der Waals surface area contributed by atoms with E-state index in [0.717, 1.165) is 41.5 Å². The van der Waals surface area contributed by atoms with Crippen LogP contribution < -0.4 is 9.47 Å². The lowest BCUT2D eigenvalue weighted by Gasteiger charge is -2.17. The molecule has 0 fully saturated rings. The molecule has 0 atom stereocenters. The number of benzene rings is 2. The SMILES string of the molecule is CC(C)Oc1c(Cl)cc(OCCCCCCl)c2ccccc12. The molecular weight excluding hydrogens is 319 g/mol. The molecule has 2 aromatic rings. The molecule has 0 amide bonds. The van der Waals surface area contributed by atoms with E-state index in [2.05, 4.69) is 0 Å². The van der Waals surface area contributed by atoms with Crippen LogP contribution in [-0.2, 0) is 0 Å². The molecule has 2 nitrogen and oxygen atoms in total. The monoisotopic (exact) mass is 340 g/mol. The molecule has 0 saturated carbocycles. The van der Waals surface area contributed by atoms with Crippen LogP contribution >= 0.6 is 23.2 Å². The minimum atomic E-state index is 0.0724. The minimum Gasteiger partial charge on any atom is -0.493 e. The predicted octanol–water partition coefficient (Wildman–Crippen LogP) is 6.07. The van der Waals surface area contributed by atoms with Crippen LogP contribution in [0, 0.1) is 0 Å². The lowest BCUT2D eigenvalue weighted by Crippen LogP contribution is -2.07. The lowest BCUT2D eigenvalue weighted by atomic mass is 10.1. The molecule has 0 spiro atoms. The molecule has 0 saturated heterocycles. The second kappa shape index (κ2) is 8.50. The van der Waals surface area contributed by atoms with Crippen LogP contribution in [0.1, 0.15) is 33.1 Å². The number of hydrogen-bond donors (Lipinski definition) is 0. The smallest absolute Gasteiger partial charge is 0.146 e. The summed E-state index contributed by atoms with van der Waals surface area (Å²) in [6, 6.07) is 9.88. The number of alkyl halides is 1. The normalized spacial score (nSPS) is 11.1. The summed E-state index contributed by atoms with van der Waals surface area (Å²) < 4.78 is 11.8. The van der Waals surface area contributed by atoms with Crippen LogP contribution in [0.2, 0.25) is 5.02 Å². The number of ether oxygens (including phenoxy) is 2. The molecule has 2 rings (SSSR count). The highest BCUT2D eigenvalue weighted by Crippen LogP contribution is 2.40. The van der Waals surface area contributed by atoms with E-state index in [1.165, 1.54) is 0 Å². The summed E-state index contributed by atoms with van der Waals surface area (Å²) in [4.78, 5) is 0. The van der Waals surface area contributed by atoms with Crippen LogP contribution in [0.4, 0.5) is 0 Å². The highest BCUT2D eigenvalue weighted by Gasteiger charge is 2.14.